The third-order valence-corrected chi connectivity index (χ3v) is 5.89. The molecule has 0 radical (unpaired) electrons. The molecule has 3 atom stereocenters. The first-order valence-electron chi connectivity index (χ1n) is 11.1. The van der Waals surface area contributed by atoms with Gasteiger partial charge in [-0.1, -0.05) is 41.5 Å². The summed E-state index contributed by atoms with van der Waals surface area (Å²) < 4.78 is 0. The van der Waals surface area contributed by atoms with E-state index < -0.39 is 52.6 Å². The Labute approximate surface area is 189 Å². The fraction of sp³-hybridized carbons (Fsp3) is 0.773. The Hall–Kier alpha value is -2.33. The Morgan fingerprint density at radius 2 is 1.31 bits per heavy atom. The fourth-order valence-corrected chi connectivity index (χ4v) is 3.92. The molecule has 3 N–H and O–H groups in total. The van der Waals surface area contributed by atoms with Crippen LogP contribution in [0, 0.1) is 10.8 Å². The summed E-state index contributed by atoms with van der Waals surface area (Å²) in [7, 11) is 0. The van der Waals surface area contributed by atoms with Crippen LogP contribution in [0.5, 0.6) is 0 Å². The van der Waals surface area contributed by atoms with Crippen molar-refractivity contribution >= 4 is 29.3 Å². The highest BCUT2D eigenvalue weighted by molar-refractivity contribution is 6.38. The van der Waals surface area contributed by atoms with Crippen LogP contribution in [0.4, 0.5) is 0 Å². The Morgan fingerprint density at radius 3 is 1.84 bits per heavy atom. The van der Waals surface area contributed by atoms with E-state index in [9.17, 15) is 29.1 Å². The molecule has 2 saturated heterocycles. The minimum Gasteiger partial charge on any atom is -0.371 e. The van der Waals surface area contributed by atoms with Gasteiger partial charge < -0.3 is 10.0 Å². The number of aliphatic hydroxyl groups excluding tert-OH is 1. The second-order valence-corrected chi connectivity index (χ2v) is 10.6. The van der Waals surface area contributed by atoms with Crippen LogP contribution in [0.1, 0.15) is 67.2 Å². The number of hydrogen-bond acceptors (Lipinski definition) is 7. The molecule has 2 heterocycles. The minimum atomic E-state index is -1.41. The molecule has 0 bridgehead atoms. The summed E-state index contributed by atoms with van der Waals surface area (Å²) >= 11 is 0. The van der Waals surface area contributed by atoms with Crippen molar-refractivity contribution in [2.75, 3.05) is 13.1 Å². The number of hydrazine groups is 1. The third-order valence-electron chi connectivity index (χ3n) is 5.89. The van der Waals surface area contributed by atoms with Crippen molar-refractivity contribution in [3.05, 3.63) is 0 Å². The number of carbonyl (C=O) groups is 5. The van der Waals surface area contributed by atoms with Crippen molar-refractivity contribution in [1.29, 1.82) is 0 Å². The van der Waals surface area contributed by atoms with E-state index in [1.807, 2.05) is 0 Å². The number of hydrogen-bond donors (Lipinski definition) is 3. The molecule has 32 heavy (non-hydrogen) atoms. The normalized spacial score (nSPS) is 23.0. The highest BCUT2D eigenvalue weighted by Crippen LogP contribution is 2.25. The van der Waals surface area contributed by atoms with Crippen LogP contribution < -0.4 is 10.9 Å². The predicted molar refractivity (Wildman–Crippen MR) is 116 cm³/mol. The Balaban J connectivity index is 1.98. The van der Waals surface area contributed by atoms with Gasteiger partial charge >= 0.3 is 0 Å². The number of amides is 3. The summed E-state index contributed by atoms with van der Waals surface area (Å²) in [6, 6.07) is -1.61. The molecular formula is C22H36N4O6. The first kappa shape index (κ1) is 25.9. The number of ketones is 2. The number of nitrogens with zero attached hydrogens (tertiary/aromatic N) is 2. The summed E-state index contributed by atoms with van der Waals surface area (Å²) in [5, 5.41) is 10.5. The number of carbonyl (C=O) groups excluding carboxylic acids is 5. The van der Waals surface area contributed by atoms with Crippen LogP contribution in [0.25, 0.3) is 0 Å². The van der Waals surface area contributed by atoms with Crippen LogP contribution in [0.3, 0.4) is 0 Å². The quantitative estimate of drug-likeness (QED) is 0.399. The molecule has 180 valence electrons. The van der Waals surface area contributed by atoms with E-state index in [4.69, 9.17) is 0 Å². The molecule has 0 aromatic carbocycles. The minimum absolute atomic E-state index is 0.296. The maximum atomic E-state index is 12.7. The van der Waals surface area contributed by atoms with E-state index in [1.165, 1.54) is 9.80 Å². The molecule has 2 rings (SSSR count). The maximum Gasteiger partial charge on any atom is 0.291 e. The molecule has 0 aliphatic carbocycles. The van der Waals surface area contributed by atoms with Gasteiger partial charge in [-0.3, -0.25) is 39.7 Å². The summed E-state index contributed by atoms with van der Waals surface area (Å²) in [6.45, 7) is 10.7. The van der Waals surface area contributed by atoms with Gasteiger partial charge in [-0.15, -0.1) is 0 Å². The van der Waals surface area contributed by atoms with Crippen LogP contribution in [-0.2, 0) is 24.0 Å². The van der Waals surface area contributed by atoms with E-state index in [2.05, 4.69) is 10.9 Å². The van der Waals surface area contributed by atoms with Gasteiger partial charge in [-0.05, 0) is 25.7 Å². The lowest BCUT2D eigenvalue weighted by molar-refractivity contribution is -0.151. The Kier molecular flexibility index (Phi) is 7.83. The first-order chi connectivity index (χ1) is 14.7. The molecule has 2 aliphatic rings. The van der Waals surface area contributed by atoms with Crippen molar-refractivity contribution in [2.45, 2.75) is 85.5 Å². The summed E-state index contributed by atoms with van der Waals surface area (Å²) in [6.07, 6.45) is 0.617. The molecule has 0 saturated carbocycles. The van der Waals surface area contributed by atoms with Gasteiger partial charge in [0.2, 0.25) is 5.78 Å². The zero-order valence-corrected chi connectivity index (χ0v) is 19.9. The molecule has 10 nitrogen and oxygen atoms in total. The number of Topliss-reactive ketones (excluding diaryl/α,β-unsaturated/α-hetero) is 2. The second kappa shape index (κ2) is 9.66. The lowest BCUT2D eigenvalue weighted by Gasteiger charge is -2.31. The van der Waals surface area contributed by atoms with Gasteiger partial charge in [0.15, 0.2) is 12.0 Å². The van der Waals surface area contributed by atoms with Gasteiger partial charge in [0.1, 0.15) is 6.04 Å². The monoisotopic (exact) mass is 452 g/mol. The van der Waals surface area contributed by atoms with Gasteiger partial charge in [-0.25, -0.2) is 0 Å². The van der Waals surface area contributed by atoms with Crippen LogP contribution in [0.2, 0.25) is 0 Å². The third kappa shape index (κ3) is 5.72. The molecule has 2 fully saturated rings. The van der Waals surface area contributed by atoms with E-state index in [1.54, 1.807) is 41.5 Å². The molecular weight excluding hydrogens is 416 g/mol. The maximum absolute atomic E-state index is 12.7. The highest BCUT2D eigenvalue weighted by Gasteiger charge is 2.42. The van der Waals surface area contributed by atoms with Gasteiger partial charge in [0.25, 0.3) is 17.7 Å². The van der Waals surface area contributed by atoms with Crippen LogP contribution in [0.15, 0.2) is 0 Å². The van der Waals surface area contributed by atoms with E-state index >= 15 is 0 Å². The fourth-order valence-electron chi connectivity index (χ4n) is 3.92. The van der Waals surface area contributed by atoms with Crippen molar-refractivity contribution in [1.82, 2.24) is 20.7 Å². The zero-order valence-electron chi connectivity index (χ0n) is 19.9. The second-order valence-electron chi connectivity index (χ2n) is 10.6. The summed E-state index contributed by atoms with van der Waals surface area (Å²) in [5.41, 5.74) is 3.08. The molecule has 3 amide bonds. The Bertz CT molecular complexity index is 782. The van der Waals surface area contributed by atoms with Crippen LogP contribution >= 0.6 is 0 Å². The van der Waals surface area contributed by atoms with Crippen molar-refractivity contribution in [3.8, 4) is 0 Å². The topological polar surface area (TPSA) is 136 Å². The smallest absolute Gasteiger partial charge is 0.291 e. The SMILES string of the molecule is CC(C)(C)C(=O)C(=O)N1CCC[C@H]1C(=O)NNC(=O)[C@@H]1CCCN1C(O)C(=O)C(C)(C)C. The molecule has 0 spiro atoms. The molecule has 0 aromatic rings. The lowest BCUT2D eigenvalue weighted by Crippen LogP contribution is -2.58. The summed E-state index contributed by atoms with van der Waals surface area (Å²) in [4.78, 5) is 65.3. The van der Waals surface area contributed by atoms with E-state index in [0.717, 1.165) is 0 Å². The molecule has 0 aromatic heterocycles. The molecule has 2 aliphatic heterocycles. The number of aliphatic hydroxyl groups is 1. The van der Waals surface area contributed by atoms with Crippen molar-refractivity contribution in [2.24, 2.45) is 10.8 Å². The lowest BCUT2D eigenvalue weighted by atomic mass is 9.89. The number of nitrogens with one attached hydrogen (secondary N) is 2. The van der Waals surface area contributed by atoms with Gasteiger partial charge in [0.05, 0.1) is 6.04 Å². The number of rotatable bonds is 5. The highest BCUT2D eigenvalue weighted by atomic mass is 16.3. The van der Waals surface area contributed by atoms with E-state index in [-0.39, 0.29) is 5.78 Å². The van der Waals surface area contributed by atoms with Gasteiger partial charge in [-0.2, -0.15) is 0 Å². The first-order valence-corrected chi connectivity index (χ1v) is 11.1. The largest absolute Gasteiger partial charge is 0.371 e. The number of likely N-dealkylation sites (tertiary alicyclic amines) is 2. The average molecular weight is 453 g/mol. The van der Waals surface area contributed by atoms with E-state index in [0.29, 0.717) is 38.8 Å². The standard InChI is InChI=1S/C22H36N4O6/c1-21(2,3)15(27)19(31)25-11-7-9-13(25)17(29)23-24-18(30)14-10-8-12-26(14)20(32)16(28)22(4,5)6/h13-14,19,31H,7-12H2,1-6H3,(H,23,29)(H,24,30)/t13-,14-,19?/m0/s1. The molecule has 10 heteroatoms. The van der Waals surface area contributed by atoms with Crippen molar-refractivity contribution in [3.63, 3.8) is 0 Å². The average Bonchev–Trinajstić information content (AvgIpc) is 3.37. The van der Waals surface area contributed by atoms with Crippen molar-refractivity contribution < 1.29 is 29.1 Å². The molecule has 1 unspecified atom stereocenters. The van der Waals surface area contributed by atoms with Crippen LogP contribution in [-0.4, -0.2) is 75.6 Å². The zero-order chi connectivity index (χ0) is 24.4. The van der Waals surface area contributed by atoms with Gasteiger partial charge in [0, 0.05) is 23.9 Å². The Morgan fingerprint density at radius 1 is 0.812 bits per heavy atom. The predicted octanol–water partition coefficient (Wildman–Crippen LogP) is 0.138. The summed E-state index contributed by atoms with van der Waals surface area (Å²) in [5.74, 6) is -2.78.